The molecule has 0 amide bonds. The van der Waals surface area contributed by atoms with Crippen LogP contribution >= 0.6 is 0 Å². The van der Waals surface area contributed by atoms with Gasteiger partial charge in [0.25, 0.3) is 0 Å². The van der Waals surface area contributed by atoms with E-state index in [0.717, 1.165) is 84.0 Å². The van der Waals surface area contributed by atoms with E-state index in [-0.39, 0.29) is 55.3 Å². The molecule has 0 spiro atoms. The van der Waals surface area contributed by atoms with E-state index in [0.29, 0.717) is 11.4 Å². The van der Waals surface area contributed by atoms with Crippen LogP contribution in [0.4, 0.5) is 0 Å². The Balaban J connectivity index is 0.00000689. The summed E-state index contributed by atoms with van der Waals surface area (Å²) in [5.74, 6) is 0.918. The number of aromatic hydroxyl groups is 1. The molecule has 0 unspecified atom stereocenters. The second-order valence-corrected chi connectivity index (χ2v) is 24.6. The number of aryl methyl sites for hydroxylation is 2. The molecule has 10 rings (SSSR count). The maximum absolute atomic E-state index is 13.1. The number of hydrogen-bond donors (Lipinski definition) is 1. The average Bonchev–Trinajstić information content (AvgIpc) is 3.79. The number of rotatable bonds is 7. The molecule has 5 nitrogen and oxygen atoms in total. The topological polar surface area (TPSA) is 54.2 Å². The zero-order valence-corrected chi connectivity index (χ0v) is 48.5. The van der Waals surface area contributed by atoms with Crippen LogP contribution < -0.4 is 11.1 Å². The minimum absolute atomic E-state index is 0. The summed E-state index contributed by atoms with van der Waals surface area (Å²) < 4.78 is 2.41. The molecule has 0 saturated heterocycles. The number of fused-ring (bicyclic) bond motifs is 2. The molecule has 1 N–H and O–H groups in total. The molecule has 0 radical (unpaired) electrons. The van der Waals surface area contributed by atoms with Crippen LogP contribution in [-0.2, 0) is 42.7 Å². The Bertz CT molecular complexity index is 3550. The third-order valence-electron chi connectivity index (χ3n) is 15.0. The van der Waals surface area contributed by atoms with E-state index >= 15 is 0 Å². The molecule has 0 aliphatic carbocycles. The fourth-order valence-corrected chi connectivity index (χ4v) is 10.8. The summed E-state index contributed by atoms with van der Waals surface area (Å²) in [7, 11) is 0. The van der Waals surface area contributed by atoms with E-state index < -0.39 is 0 Å². The van der Waals surface area contributed by atoms with E-state index in [2.05, 4.69) is 270 Å². The smallest absolute Gasteiger partial charge is 0.347 e. The number of nitrogens with zero attached hydrogens (tertiary/aromatic N) is 4. The van der Waals surface area contributed by atoms with Crippen molar-refractivity contribution in [3.63, 3.8) is 0 Å². The van der Waals surface area contributed by atoms with Crippen molar-refractivity contribution in [3.05, 3.63) is 220 Å². The van der Waals surface area contributed by atoms with Crippen molar-refractivity contribution in [2.45, 2.75) is 119 Å². The van der Waals surface area contributed by atoms with Gasteiger partial charge >= 0.3 is 6.85 Å². The Morgan fingerprint density at radius 1 is 0.560 bits per heavy atom. The Labute approximate surface area is 461 Å². The van der Waals surface area contributed by atoms with Crippen molar-refractivity contribution >= 4 is 23.5 Å². The molecule has 8 aromatic rings. The van der Waals surface area contributed by atoms with Crippen LogP contribution in [0.2, 0.25) is 0 Å². The third kappa shape index (κ3) is 10.00. The quantitative estimate of drug-likeness (QED) is 0.128. The summed E-state index contributed by atoms with van der Waals surface area (Å²) >= 11 is 0. The van der Waals surface area contributed by atoms with Gasteiger partial charge in [-0.15, -0.1) is 29.3 Å². The van der Waals surface area contributed by atoms with Gasteiger partial charge < -0.3 is 14.5 Å². The molecule has 0 bridgehead atoms. The first-order chi connectivity index (χ1) is 35.0. The van der Waals surface area contributed by atoms with Gasteiger partial charge in [-0.1, -0.05) is 203 Å². The molecule has 4 heterocycles. The first-order valence-corrected chi connectivity index (χ1v) is 26.2. The van der Waals surface area contributed by atoms with Gasteiger partial charge in [0.1, 0.15) is 11.6 Å². The minimum Gasteiger partial charge on any atom is -0.507 e. The summed E-state index contributed by atoms with van der Waals surface area (Å²) in [5, 5.41) is 13.1. The van der Waals surface area contributed by atoms with Crippen molar-refractivity contribution in [3.8, 4) is 56.3 Å². The van der Waals surface area contributed by atoms with Crippen molar-refractivity contribution in [2.24, 2.45) is 0 Å². The summed E-state index contributed by atoms with van der Waals surface area (Å²) in [4.78, 5) is 13.6. The summed E-state index contributed by atoms with van der Waals surface area (Å²) in [6.07, 6.45) is 10.7. The first kappa shape index (κ1) is 53.1. The maximum Gasteiger partial charge on any atom is 0.347 e. The van der Waals surface area contributed by atoms with Crippen molar-refractivity contribution in [1.29, 1.82) is 0 Å². The van der Waals surface area contributed by atoms with Crippen LogP contribution in [0.5, 0.6) is 5.75 Å². The number of hydrogen-bond acceptors (Lipinski definition) is 4. The fourth-order valence-electron chi connectivity index (χ4n) is 10.8. The number of pyridine rings is 1. The van der Waals surface area contributed by atoms with Gasteiger partial charge in [0.15, 0.2) is 0 Å². The van der Waals surface area contributed by atoms with Gasteiger partial charge in [-0.05, 0) is 117 Å². The van der Waals surface area contributed by atoms with E-state index in [4.69, 9.17) is 9.97 Å². The molecule has 6 aromatic carbocycles. The molecule has 2 aliphatic rings. The molecule has 0 fully saturated rings. The predicted octanol–water partition coefficient (Wildman–Crippen LogP) is 15.5. The van der Waals surface area contributed by atoms with E-state index in [1.165, 1.54) is 22.2 Å². The SMILES string of the molecule is Cc1cccc(C)c1B1c2c(nc(-c3cc(C(C)(C)C)cc(C(C)(C)C)c3O)n2-c2ccc(C(C)(C)C)cc2-c2ccccc2)C(c2[c-]c(-c3cc(-c4ccccc4)ccn3)cc(C(C)(C)C)c2)=C2C=CC=CN12.[Pt]. The van der Waals surface area contributed by atoms with Crippen molar-refractivity contribution < 1.29 is 26.2 Å². The molecular weight excluding hydrogens is 1090 g/mol. The standard InChI is InChI=1S/C68H70BN4O.Pt/c1-43-24-23-25-44(2)60(43)69-63-61(59(58-30-21-22-35-72(58)69)49-36-48(37-51(38-49)66(6,7)8)56-39-47(33-34-70-56)45-26-17-15-18-27-45)71-64(54-41-52(67(9,10)11)42-55(62(54)74)68(12,13)14)73(63)57-32-31-50(65(3,4)5)40-53(57)46-28-19-16-20-29-46;/h15-35,37-42,74H,1-14H3;/q-1;. The van der Waals surface area contributed by atoms with Crippen LogP contribution in [0.25, 0.3) is 56.2 Å². The molecule has 2 aliphatic heterocycles. The number of allylic oxidation sites excluding steroid dienone is 3. The Morgan fingerprint density at radius 3 is 1.79 bits per heavy atom. The summed E-state index contributed by atoms with van der Waals surface area (Å²) in [6.45, 7) is 31.1. The van der Waals surface area contributed by atoms with Crippen LogP contribution in [0, 0.1) is 19.9 Å². The Hall–Kier alpha value is -6.75. The largest absolute Gasteiger partial charge is 0.507 e. The zero-order valence-electron chi connectivity index (χ0n) is 46.2. The zero-order chi connectivity index (χ0) is 52.6. The van der Waals surface area contributed by atoms with Crippen molar-refractivity contribution in [2.75, 3.05) is 0 Å². The van der Waals surface area contributed by atoms with Gasteiger partial charge in [0.05, 0.1) is 16.9 Å². The molecular formula is C68H70BN4OPt-. The normalized spacial score (nSPS) is 13.7. The second kappa shape index (κ2) is 19.8. The number of benzene rings is 6. The van der Waals surface area contributed by atoms with Gasteiger partial charge in [-0.3, -0.25) is 4.98 Å². The van der Waals surface area contributed by atoms with E-state index in [9.17, 15) is 5.11 Å². The van der Waals surface area contributed by atoms with Crippen LogP contribution in [-0.4, -0.2) is 31.3 Å². The summed E-state index contributed by atoms with van der Waals surface area (Å²) in [6, 6.07) is 52.1. The monoisotopic (exact) mass is 1160 g/mol. The third-order valence-corrected chi connectivity index (χ3v) is 15.0. The van der Waals surface area contributed by atoms with Gasteiger partial charge in [-0.25, -0.2) is 4.98 Å². The molecule has 0 saturated carbocycles. The molecule has 2 aromatic heterocycles. The number of phenolic OH excluding ortho intramolecular Hbond substituents is 1. The number of imidazole rings is 1. The van der Waals surface area contributed by atoms with Gasteiger partial charge in [0, 0.05) is 55.4 Å². The maximum atomic E-state index is 13.1. The van der Waals surface area contributed by atoms with Gasteiger partial charge in [-0.2, -0.15) is 0 Å². The number of aromatic nitrogens is 3. The van der Waals surface area contributed by atoms with Crippen LogP contribution in [0.15, 0.2) is 170 Å². The van der Waals surface area contributed by atoms with Crippen LogP contribution in [0.1, 0.15) is 128 Å². The average molecular weight is 1170 g/mol. The first-order valence-electron chi connectivity index (χ1n) is 26.2. The number of phenols is 1. The van der Waals surface area contributed by atoms with E-state index in [1.807, 2.05) is 6.20 Å². The summed E-state index contributed by atoms with van der Waals surface area (Å²) in [5.41, 5.74) is 19.6. The van der Waals surface area contributed by atoms with Crippen LogP contribution in [0.3, 0.4) is 0 Å². The Kier molecular flexibility index (Phi) is 14.0. The van der Waals surface area contributed by atoms with E-state index in [1.54, 1.807) is 0 Å². The molecule has 7 heteroatoms. The predicted molar refractivity (Wildman–Crippen MR) is 312 cm³/mol. The fraction of sp³-hybridized carbons (Fsp3) is 0.265. The van der Waals surface area contributed by atoms with Crippen molar-refractivity contribution in [1.82, 2.24) is 19.3 Å². The molecule has 75 heavy (non-hydrogen) atoms. The second-order valence-electron chi connectivity index (χ2n) is 24.6. The Morgan fingerprint density at radius 2 is 1.16 bits per heavy atom. The molecule has 382 valence electrons. The molecule has 0 atom stereocenters. The van der Waals surface area contributed by atoms with Gasteiger partial charge in [0.2, 0.25) is 0 Å². The minimum atomic E-state index is -0.379.